The molecule has 0 spiro atoms. The number of hydrogen-bond donors (Lipinski definition) is 0. The van der Waals surface area contributed by atoms with E-state index in [1.54, 1.807) is 28.4 Å². The van der Waals surface area contributed by atoms with Gasteiger partial charge in [-0.25, -0.2) is 4.79 Å². The number of carbonyl (C=O) groups is 1. The second-order valence-corrected chi connectivity index (χ2v) is 8.54. The van der Waals surface area contributed by atoms with Crippen molar-refractivity contribution >= 4 is 5.97 Å². The molecule has 1 unspecified atom stereocenters. The van der Waals surface area contributed by atoms with Gasteiger partial charge in [-0.2, -0.15) is 0 Å². The van der Waals surface area contributed by atoms with E-state index in [1.165, 1.54) is 6.08 Å². The number of esters is 1. The minimum Gasteiger partial charge on any atom is -0.493 e. The Morgan fingerprint density at radius 3 is 2.15 bits per heavy atom. The van der Waals surface area contributed by atoms with E-state index < -0.39 is 0 Å². The third-order valence-electron chi connectivity index (χ3n) is 5.99. The van der Waals surface area contributed by atoms with Gasteiger partial charge < -0.3 is 28.4 Å². The van der Waals surface area contributed by atoms with Crippen molar-refractivity contribution in [1.82, 2.24) is 0 Å². The van der Waals surface area contributed by atoms with Crippen LogP contribution in [0.15, 0.2) is 48.0 Å². The quantitative estimate of drug-likeness (QED) is 0.366. The first-order chi connectivity index (χ1) is 16.4. The molecule has 0 bridgehead atoms. The molecule has 7 heteroatoms. The predicted molar refractivity (Wildman–Crippen MR) is 129 cm³/mol. The topological polar surface area (TPSA) is 72.5 Å². The fraction of sp³-hybridized carbons (Fsp3) is 0.444. The zero-order valence-corrected chi connectivity index (χ0v) is 20.8. The summed E-state index contributed by atoms with van der Waals surface area (Å²) >= 11 is 0. The molecule has 2 aromatic rings. The van der Waals surface area contributed by atoms with Gasteiger partial charge in [0.25, 0.3) is 0 Å². The number of benzene rings is 2. The molecule has 1 saturated heterocycles. The molecule has 1 fully saturated rings. The highest BCUT2D eigenvalue weighted by Gasteiger charge is 2.39. The van der Waals surface area contributed by atoms with E-state index in [2.05, 4.69) is 0 Å². The Hall–Kier alpha value is -3.19. The number of carbonyl (C=O) groups excluding carboxylic acids is 1. The van der Waals surface area contributed by atoms with Crippen LogP contribution in [-0.4, -0.2) is 47.6 Å². The molecule has 0 aliphatic carbocycles. The first-order valence-electron chi connectivity index (χ1n) is 11.3. The summed E-state index contributed by atoms with van der Waals surface area (Å²) in [6.07, 6.45) is 2.00. The van der Waals surface area contributed by atoms with Crippen molar-refractivity contribution < 1.29 is 33.2 Å². The molecule has 0 N–H and O–H groups in total. The molecule has 3 rings (SSSR count). The van der Waals surface area contributed by atoms with E-state index >= 15 is 0 Å². The Morgan fingerprint density at radius 2 is 1.53 bits per heavy atom. The molecular weight excluding hydrogens is 436 g/mol. The summed E-state index contributed by atoms with van der Waals surface area (Å²) in [5.41, 5.74) is 2.95. The van der Waals surface area contributed by atoms with Crippen molar-refractivity contribution in [3.8, 4) is 23.0 Å². The number of methoxy groups -OCH3 is 4. The highest BCUT2D eigenvalue weighted by Crippen LogP contribution is 2.43. The van der Waals surface area contributed by atoms with Crippen LogP contribution in [0.3, 0.4) is 0 Å². The maximum Gasteiger partial charge on any atom is 0.330 e. The Kier molecular flexibility index (Phi) is 8.82. The van der Waals surface area contributed by atoms with Crippen LogP contribution in [0.2, 0.25) is 0 Å². The SMILES string of the molecule is COc1ccc(C[C@H]2COC(c3ccc(OC)c(OC)c3)[C@H]2COC(=O)C=C(C)C)cc1OC. The molecule has 1 aliphatic heterocycles. The van der Waals surface area contributed by atoms with Gasteiger partial charge in [-0.05, 0) is 61.6 Å². The molecule has 0 saturated carbocycles. The molecule has 2 aromatic carbocycles. The third-order valence-corrected chi connectivity index (χ3v) is 5.99. The lowest BCUT2D eigenvalue weighted by atomic mass is 9.84. The second-order valence-electron chi connectivity index (χ2n) is 8.54. The van der Waals surface area contributed by atoms with Crippen LogP contribution in [0.1, 0.15) is 31.1 Å². The smallest absolute Gasteiger partial charge is 0.330 e. The summed E-state index contributed by atoms with van der Waals surface area (Å²) in [6, 6.07) is 11.7. The lowest BCUT2D eigenvalue weighted by Gasteiger charge is -2.24. The van der Waals surface area contributed by atoms with E-state index in [9.17, 15) is 4.79 Å². The fourth-order valence-corrected chi connectivity index (χ4v) is 4.29. The van der Waals surface area contributed by atoms with Crippen LogP contribution in [0.25, 0.3) is 0 Å². The highest BCUT2D eigenvalue weighted by molar-refractivity contribution is 5.82. The first kappa shape index (κ1) is 25.4. The third kappa shape index (κ3) is 6.03. The maximum atomic E-state index is 12.2. The summed E-state index contributed by atoms with van der Waals surface area (Å²) in [5.74, 6) is 2.40. The summed E-state index contributed by atoms with van der Waals surface area (Å²) in [7, 11) is 6.45. The Bertz CT molecular complexity index is 1010. The van der Waals surface area contributed by atoms with Crippen molar-refractivity contribution in [2.24, 2.45) is 11.8 Å². The van der Waals surface area contributed by atoms with Crippen LogP contribution in [0, 0.1) is 11.8 Å². The fourth-order valence-electron chi connectivity index (χ4n) is 4.29. The van der Waals surface area contributed by atoms with E-state index in [1.807, 2.05) is 50.2 Å². The highest BCUT2D eigenvalue weighted by atomic mass is 16.5. The summed E-state index contributed by atoms with van der Waals surface area (Å²) in [6.45, 7) is 4.52. The van der Waals surface area contributed by atoms with Gasteiger partial charge in [0.1, 0.15) is 0 Å². The normalized spacial score (nSPS) is 19.3. The Balaban J connectivity index is 1.87. The second kappa shape index (κ2) is 11.8. The summed E-state index contributed by atoms with van der Waals surface area (Å²) in [5, 5.41) is 0. The van der Waals surface area contributed by atoms with Gasteiger partial charge in [-0.15, -0.1) is 0 Å². The van der Waals surface area contributed by atoms with E-state index in [0.717, 1.165) is 23.1 Å². The molecule has 7 nitrogen and oxygen atoms in total. The van der Waals surface area contributed by atoms with Crippen LogP contribution >= 0.6 is 0 Å². The molecule has 34 heavy (non-hydrogen) atoms. The summed E-state index contributed by atoms with van der Waals surface area (Å²) < 4.78 is 33.6. The number of ether oxygens (including phenoxy) is 6. The van der Waals surface area contributed by atoms with Crippen molar-refractivity contribution in [3.05, 3.63) is 59.2 Å². The monoisotopic (exact) mass is 470 g/mol. The Labute approximate surface area is 201 Å². The molecule has 0 radical (unpaired) electrons. The van der Waals surface area contributed by atoms with E-state index in [-0.39, 0.29) is 30.5 Å². The van der Waals surface area contributed by atoms with Crippen LogP contribution in [0.5, 0.6) is 23.0 Å². The van der Waals surface area contributed by atoms with Crippen molar-refractivity contribution in [3.63, 3.8) is 0 Å². The molecule has 0 aromatic heterocycles. The Morgan fingerprint density at radius 1 is 0.912 bits per heavy atom. The van der Waals surface area contributed by atoms with Crippen LogP contribution in [0.4, 0.5) is 0 Å². The number of allylic oxidation sites excluding steroid dienone is 1. The van der Waals surface area contributed by atoms with Gasteiger partial charge in [0, 0.05) is 12.0 Å². The minimum absolute atomic E-state index is 0.0410. The lowest BCUT2D eigenvalue weighted by Crippen LogP contribution is -2.24. The van der Waals surface area contributed by atoms with Crippen molar-refractivity contribution in [2.75, 3.05) is 41.7 Å². The van der Waals surface area contributed by atoms with Gasteiger partial charge in [0.05, 0.1) is 47.8 Å². The van der Waals surface area contributed by atoms with Gasteiger partial charge in [0.2, 0.25) is 0 Å². The maximum absolute atomic E-state index is 12.2. The van der Waals surface area contributed by atoms with Crippen molar-refractivity contribution in [2.45, 2.75) is 26.4 Å². The zero-order valence-electron chi connectivity index (χ0n) is 20.8. The first-order valence-corrected chi connectivity index (χ1v) is 11.3. The predicted octanol–water partition coefficient (Wildman–Crippen LogP) is 4.78. The molecule has 1 heterocycles. The minimum atomic E-state index is -0.345. The number of rotatable bonds is 10. The van der Waals surface area contributed by atoms with Gasteiger partial charge >= 0.3 is 5.97 Å². The molecule has 184 valence electrons. The van der Waals surface area contributed by atoms with Gasteiger partial charge in [-0.1, -0.05) is 17.7 Å². The zero-order chi connectivity index (χ0) is 24.7. The standard InChI is InChI=1S/C27H34O7/c1-17(2)11-26(28)33-16-21-20(12-18-7-9-22(29-3)24(13-18)31-5)15-34-27(21)19-8-10-23(30-4)25(14-19)32-6/h7-11,13-14,20-21,27H,12,15-16H2,1-6H3/t20-,21-,27?/m0/s1. The molecular formula is C27H34O7. The molecule has 3 atom stereocenters. The summed E-state index contributed by atoms with van der Waals surface area (Å²) in [4.78, 5) is 12.2. The van der Waals surface area contributed by atoms with Crippen LogP contribution < -0.4 is 18.9 Å². The van der Waals surface area contributed by atoms with Crippen molar-refractivity contribution in [1.29, 1.82) is 0 Å². The van der Waals surface area contributed by atoms with E-state index in [0.29, 0.717) is 29.6 Å². The molecule has 1 aliphatic rings. The van der Waals surface area contributed by atoms with Gasteiger partial charge in [0.15, 0.2) is 23.0 Å². The lowest BCUT2D eigenvalue weighted by molar-refractivity contribution is -0.140. The van der Waals surface area contributed by atoms with Crippen LogP contribution in [-0.2, 0) is 20.7 Å². The van der Waals surface area contributed by atoms with Gasteiger partial charge in [-0.3, -0.25) is 0 Å². The van der Waals surface area contributed by atoms with E-state index in [4.69, 9.17) is 28.4 Å². The average molecular weight is 471 g/mol. The number of hydrogen-bond acceptors (Lipinski definition) is 7. The largest absolute Gasteiger partial charge is 0.493 e. The average Bonchev–Trinajstić information content (AvgIpc) is 3.23. The molecule has 0 amide bonds.